The Morgan fingerprint density at radius 1 is 0.719 bits per heavy atom. The Labute approximate surface area is 218 Å². The van der Waals surface area contributed by atoms with Crippen LogP contribution in [0.1, 0.15) is 0 Å². The summed E-state index contributed by atoms with van der Waals surface area (Å²) in [5.74, 6) is -3.37. The maximum atomic E-state index is 11.2. The van der Waals surface area contributed by atoms with Crippen LogP contribution in [0.25, 0.3) is 0 Å². The molecule has 0 aromatic carbocycles. The molecule has 0 unspecified atom stereocenters. The fourth-order valence-electron chi connectivity index (χ4n) is 3.53. The SMILES string of the molecule is O=C([O-])CN1CCN(CC(=O)O)CCN(CC(=O)O)CCN([C@@H](CO)[C@@H](O)CO)CC1.[Gd+3]. The number of aliphatic carboxylic acids is 3. The molecule has 14 heteroatoms. The molecule has 2 atom stereocenters. The van der Waals surface area contributed by atoms with Crippen LogP contribution in [0.4, 0.5) is 0 Å². The second-order valence-electron chi connectivity index (χ2n) is 7.52. The predicted molar refractivity (Wildman–Crippen MR) is 105 cm³/mol. The van der Waals surface area contributed by atoms with Crippen LogP contribution in [0.2, 0.25) is 0 Å². The number of carboxylic acid groups (broad SMARTS) is 3. The first-order chi connectivity index (χ1) is 14.7. The predicted octanol–water partition coefficient (Wildman–Crippen LogP) is -5.16. The number of hydrogen-bond donors (Lipinski definition) is 5. The second-order valence-corrected chi connectivity index (χ2v) is 7.52. The molecule has 1 fully saturated rings. The molecule has 1 radical (unpaired) electrons. The zero-order chi connectivity index (χ0) is 23.4. The van der Waals surface area contributed by atoms with Gasteiger partial charge in [0.05, 0.1) is 44.4 Å². The summed E-state index contributed by atoms with van der Waals surface area (Å²) >= 11 is 0. The molecule has 5 N–H and O–H groups in total. The van der Waals surface area contributed by atoms with Gasteiger partial charge in [0.1, 0.15) is 0 Å². The molecule has 0 aromatic rings. The molecule has 1 heterocycles. The minimum atomic E-state index is -1.29. The number of aliphatic hydroxyl groups is 3. The average molecular weight is 607 g/mol. The quantitative estimate of drug-likeness (QED) is 0.159. The molecule has 0 aromatic heterocycles. The Bertz CT molecular complexity index is 555. The number of carbonyl (C=O) groups is 3. The molecule has 0 bridgehead atoms. The van der Waals surface area contributed by atoms with E-state index < -0.39 is 43.3 Å². The van der Waals surface area contributed by atoms with Gasteiger partial charge in [-0.05, 0) is 0 Å². The molecule has 1 saturated heterocycles. The maximum absolute atomic E-state index is 11.2. The van der Waals surface area contributed by atoms with E-state index in [1.54, 1.807) is 19.6 Å². The first-order valence-electron chi connectivity index (χ1n) is 10.1. The van der Waals surface area contributed by atoms with Crippen LogP contribution in [0.3, 0.4) is 0 Å². The van der Waals surface area contributed by atoms with Gasteiger partial charge in [-0.15, -0.1) is 0 Å². The van der Waals surface area contributed by atoms with Crippen molar-refractivity contribution in [2.75, 3.05) is 85.2 Å². The Morgan fingerprint density at radius 3 is 1.41 bits per heavy atom. The van der Waals surface area contributed by atoms with Crippen molar-refractivity contribution >= 4 is 17.9 Å². The summed E-state index contributed by atoms with van der Waals surface area (Å²) in [6.07, 6.45) is -1.23. The van der Waals surface area contributed by atoms with Crippen LogP contribution in [-0.2, 0) is 14.4 Å². The second kappa shape index (κ2) is 17.0. The topological polar surface area (TPSA) is 188 Å². The van der Waals surface area contributed by atoms with Crippen molar-refractivity contribution in [1.29, 1.82) is 0 Å². The van der Waals surface area contributed by atoms with Crippen LogP contribution in [0, 0.1) is 39.9 Å². The number of nitrogens with zero attached hydrogens (tertiary/aromatic N) is 4. The van der Waals surface area contributed by atoms with Crippen molar-refractivity contribution in [3.63, 3.8) is 0 Å². The molecule has 185 valence electrons. The van der Waals surface area contributed by atoms with Crippen molar-refractivity contribution in [3.8, 4) is 0 Å². The normalized spacial score (nSPS) is 20.3. The van der Waals surface area contributed by atoms with Gasteiger partial charge in [0.2, 0.25) is 0 Å². The average Bonchev–Trinajstić information content (AvgIpc) is 2.68. The van der Waals surface area contributed by atoms with Gasteiger partial charge in [0.15, 0.2) is 0 Å². The smallest absolute Gasteiger partial charge is 0.549 e. The van der Waals surface area contributed by atoms with Crippen molar-refractivity contribution in [3.05, 3.63) is 0 Å². The standard InChI is InChI=1S/C18H34N4O9.Gd/c23-12-14(15(25)13-24)22-7-5-20(10-17(28)29)3-1-19(9-16(26)27)2-4-21(6-8-22)11-18(30)31;/h14-15,23-25H,1-13H2,(H,26,27)(H,28,29)(H,30,31);/q;+3/p-1/t14-,15-;/m0./s1. The molecule has 1 rings (SSSR count). The van der Waals surface area contributed by atoms with Crippen LogP contribution in [-0.4, -0.2) is 160 Å². The van der Waals surface area contributed by atoms with E-state index in [-0.39, 0.29) is 112 Å². The molecular formula is C18H33GdN4O9+2. The van der Waals surface area contributed by atoms with Crippen LogP contribution >= 0.6 is 0 Å². The van der Waals surface area contributed by atoms with Crippen LogP contribution < -0.4 is 5.11 Å². The fraction of sp³-hybridized carbons (Fsp3) is 0.833. The largest absolute Gasteiger partial charge is 3.00 e. The van der Waals surface area contributed by atoms with Gasteiger partial charge in [-0.3, -0.25) is 29.2 Å². The summed E-state index contributed by atoms with van der Waals surface area (Å²) in [5.41, 5.74) is 0. The number of carboxylic acids is 3. The van der Waals surface area contributed by atoms with Crippen molar-refractivity contribution in [1.82, 2.24) is 19.6 Å². The molecule has 13 nitrogen and oxygen atoms in total. The zero-order valence-electron chi connectivity index (χ0n) is 17.9. The molecule has 0 aliphatic carbocycles. The zero-order valence-corrected chi connectivity index (χ0v) is 20.1. The van der Waals surface area contributed by atoms with Gasteiger partial charge in [0, 0.05) is 58.9 Å². The van der Waals surface area contributed by atoms with Crippen molar-refractivity contribution < 1.29 is 85.0 Å². The van der Waals surface area contributed by atoms with Crippen molar-refractivity contribution in [2.24, 2.45) is 0 Å². The third kappa shape index (κ3) is 12.6. The number of carbonyl (C=O) groups excluding carboxylic acids is 1. The summed E-state index contributed by atoms with van der Waals surface area (Å²) in [7, 11) is 0. The van der Waals surface area contributed by atoms with Gasteiger partial charge in [-0.1, -0.05) is 0 Å². The summed E-state index contributed by atoms with van der Waals surface area (Å²) in [4.78, 5) is 40.0. The number of rotatable bonds is 10. The third-order valence-electron chi connectivity index (χ3n) is 5.23. The Balaban J connectivity index is 0.00000961. The molecule has 1 aliphatic rings. The molecule has 0 spiro atoms. The molecule has 0 saturated carbocycles. The van der Waals surface area contributed by atoms with Gasteiger partial charge < -0.3 is 35.4 Å². The van der Waals surface area contributed by atoms with Gasteiger partial charge in [-0.2, -0.15) is 0 Å². The summed E-state index contributed by atoms with van der Waals surface area (Å²) in [6, 6.07) is -0.812. The van der Waals surface area contributed by atoms with Gasteiger partial charge in [-0.25, -0.2) is 0 Å². The first kappa shape index (κ1) is 31.5. The van der Waals surface area contributed by atoms with Gasteiger partial charge in [0.25, 0.3) is 0 Å². The van der Waals surface area contributed by atoms with Crippen LogP contribution in [0.15, 0.2) is 0 Å². The minimum Gasteiger partial charge on any atom is -0.549 e. The van der Waals surface area contributed by atoms with E-state index in [1.165, 1.54) is 0 Å². The van der Waals surface area contributed by atoms with Crippen molar-refractivity contribution in [2.45, 2.75) is 12.1 Å². The van der Waals surface area contributed by atoms with E-state index in [0.717, 1.165) is 0 Å². The van der Waals surface area contributed by atoms with E-state index in [9.17, 15) is 39.9 Å². The molecule has 1 aliphatic heterocycles. The fourth-order valence-corrected chi connectivity index (χ4v) is 3.53. The van der Waals surface area contributed by atoms with E-state index in [1.807, 2.05) is 0 Å². The van der Waals surface area contributed by atoms with E-state index in [2.05, 4.69) is 0 Å². The van der Waals surface area contributed by atoms with Crippen LogP contribution in [0.5, 0.6) is 0 Å². The molecule has 32 heavy (non-hydrogen) atoms. The van der Waals surface area contributed by atoms with E-state index in [4.69, 9.17) is 5.11 Å². The van der Waals surface area contributed by atoms with E-state index >= 15 is 0 Å². The van der Waals surface area contributed by atoms with E-state index in [0.29, 0.717) is 0 Å². The Hall–Kier alpha value is -0.545. The summed E-state index contributed by atoms with van der Waals surface area (Å²) < 4.78 is 0. The van der Waals surface area contributed by atoms with Gasteiger partial charge >= 0.3 is 51.9 Å². The monoisotopic (exact) mass is 607 g/mol. The number of hydrogen-bond acceptors (Lipinski definition) is 11. The molecular weight excluding hydrogens is 573 g/mol. The molecule has 0 amide bonds. The summed E-state index contributed by atoms with van der Waals surface area (Å²) in [5, 5.41) is 58.5. The first-order valence-corrected chi connectivity index (χ1v) is 10.1. The minimum absolute atomic E-state index is 0. The number of aliphatic hydroxyl groups excluding tert-OH is 3. The third-order valence-corrected chi connectivity index (χ3v) is 5.23. The maximum Gasteiger partial charge on any atom is 3.00 e. The Kier molecular flexibility index (Phi) is 16.7. The Morgan fingerprint density at radius 2 is 1.09 bits per heavy atom. The summed E-state index contributed by atoms with van der Waals surface area (Å²) in [6.45, 7) is 0.0474.